The number of ether oxygens (including phenoxy) is 1. The minimum Gasteiger partial charge on any atom is -0.378 e. The fraction of sp³-hybridized carbons (Fsp3) is 0.286. The third-order valence-electron chi connectivity index (χ3n) is 3.59. The number of fused-ring (bicyclic) bond motifs is 1. The average Bonchev–Trinajstić information content (AvgIpc) is 2.97. The van der Waals surface area contributed by atoms with Gasteiger partial charge in [0.05, 0.1) is 13.2 Å². The Bertz CT molecular complexity index is 800. The van der Waals surface area contributed by atoms with Gasteiger partial charge in [-0.2, -0.15) is 5.10 Å². The molecule has 112 valence electrons. The lowest BCUT2D eigenvalue weighted by Gasteiger charge is -2.27. The van der Waals surface area contributed by atoms with Crippen molar-refractivity contribution in [3.8, 4) is 11.3 Å². The van der Waals surface area contributed by atoms with Crippen molar-refractivity contribution in [2.24, 2.45) is 0 Å². The number of hydrogen-bond donors (Lipinski definition) is 1. The second kappa shape index (κ2) is 5.62. The molecule has 3 aromatic heterocycles. The topological polar surface area (TPSA) is 79.8 Å². The van der Waals surface area contributed by atoms with E-state index in [2.05, 4.69) is 41.0 Å². The van der Waals surface area contributed by atoms with Crippen LogP contribution >= 0.6 is 15.9 Å². The smallest absolute Gasteiger partial charge is 0.226 e. The van der Waals surface area contributed by atoms with Gasteiger partial charge in [-0.15, -0.1) is 0 Å². The Kier molecular flexibility index (Phi) is 3.47. The van der Waals surface area contributed by atoms with Gasteiger partial charge in [0.1, 0.15) is 21.3 Å². The van der Waals surface area contributed by atoms with Crippen LogP contribution in [0.5, 0.6) is 0 Å². The van der Waals surface area contributed by atoms with E-state index in [1.165, 1.54) is 0 Å². The highest BCUT2D eigenvalue weighted by molar-refractivity contribution is 9.10. The lowest BCUT2D eigenvalue weighted by Crippen LogP contribution is -2.37. The third-order valence-corrected chi connectivity index (χ3v) is 4.15. The van der Waals surface area contributed by atoms with E-state index in [-0.39, 0.29) is 0 Å². The molecule has 1 N–H and O–H groups in total. The van der Waals surface area contributed by atoms with Crippen molar-refractivity contribution >= 4 is 32.9 Å². The fourth-order valence-electron chi connectivity index (χ4n) is 2.48. The molecule has 0 aliphatic carbocycles. The Balaban J connectivity index is 1.90. The molecule has 4 rings (SSSR count). The van der Waals surface area contributed by atoms with Crippen molar-refractivity contribution in [3.63, 3.8) is 0 Å². The lowest BCUT2D eigenvalue weighted by molar-refractivity contribution is 0.122. The number of H-pyrrole nitrogens is 1. The van der Waals surface area contributed by atoms with E-state index in [1.807, 2.05) is 12.1 Å². The standard InChI is InChI=1S/C14H13BrN6O/c15-13-12-11(19-20-13)10(9-1-3-16-4-2-9)17-14(18-12)21-5-7-22-8-6-21/h1-4H,5-8H2,(H,19,20). The summed E-state index contributed by atoms with van der Waals surface area (Å²) in [5, 5.41) is 7.24. The molecule has 0 saturated carbocycles. The molecule has 0 unspecified atom stereocenters. The van der Waals surface area contributed by atoms with Crippen LogP contribution in [0.4, 0.5) is 5.95 Å². The Hall–Kier alpha value is -2.06. The van der Waals surface area contributed by atoms with Crippen molar-refractivity contribution in [2.45, 2.75) is 0 Å². The Morgan fingerprint density at radius 1 is 1.09 bits per heavy atom. The maximum absolute atomic E-state index is 5.40. The first kappa shape index (κ1) is 13.6. The number of halogens is 1. The summed E-state index contributed by atoms with van der Waals surface area (Å²) in [5.74, 6) is 0.699. The molecule has 4 heterocycles. The van der Waals surface area contributed by atoms with Crippen molar-refractivity contribution in [3.05, 3.63) is 29.1 Å². The van der Waals surface area contributed by atoms with Crippen LogP contribution < -0.4 is 4.90 Å². The summed E-state index contributed by atoms with van der Waals surface area (Å²) in [4.78, 5) is 15.6. The number of nitrogens with zero attached hydrogens (tertiary/aromatic N) is 5. The molecule has 1 aliphatic rings. The zero-order chi connectivity index (χ0) is 14.9. The van der Waals surface area contributed by atoms with Gasteiger partial charge < -0.3 is 9.64 Å². The number of anilines is 1. The van der Waals surface area contributed by atoms with Gasteiger partial charge in [0.2, 0.25) is 5.95 Å². The molecule has 1 saturated heterocycles. The zero-order valence-corrected chi connectivity index (χ0v) is 13.2. The molecule has 0 atom stereocenters. The second-order valence-electron chi connectivity index (χ2n) is 4.94. The first-order chi connectivity index (χ1) is 10.8. The van der Waals surface area contributed by atoms with Gasteiger partial charge >= 0.3 is 0 Å². The number of aromatic nitrogens is 5. The molecule has 1 fully saturated rings. The van der Waals surface area contributed by atoms with E-state index in [4.69, 9.17) is 9.72 Å². The SMILES string of the molecule is Brc1[nH]nc2c(-c3ccncc3)nc(N3CCOCC3)nc12. The van der Waals surface area contributed by atoms with E-state index in [0.717, 1.165) is 40.0 Å². The molecule has 1 aliphatic heterocycles. The van der Waals surface area contributed by atoms with Gasteiger partial charge in [-0.05, 0) is 28.1 Å². The summed E-state index contributed by atoms with van der Waals surface area (Å²) in [6.45, 7) is 2.96. The average molecular weight is 361 g/mol. The molecule has 8 heteroatoms. The number of morpholine rings is 1. The highest BCUT2D eigenvalue weighted by Gasteiger charge is 2.20. The molecule has 0 aromatic carbocycles. The molecule has 0 bridgehead atoms. The molecular weight excluding hydrogens is 348 g/mol. The zero-order valence-electron chi connectivity index (χ0n) is 11.7. The monoisotopic (exact) mass is 360 g/mol. The maximum Gasteiger partial charge on any atom is 0.226 e. The summed E-state index contributed by atoms with van der Waals surface area (Å²) in [6, 6.07) is 3.85. The van der Waals surface area contributed by atoms with Crippen LogP contribution in [0, 0.1) is 0 Å². The second-order valence-corrected chi connectivity index (χ2v) is 5.74. The van der Waals surface area contributed by atoms with Crippen LogP contribution in [0.1, 0.15) is 0 Å². The summed E-state index contributed by atoms with van der Waals surface area (Å²) in [5.41, 5.74) is 3.30. The summed E-state index contributed by atoms with van der Waals surface area (Å²) in [6.07, 6.45) is 3.50. The quantitative estimate of drug-likeness (QED) is 0.752. The number of rotatable bonds is 2. The molecule has 0 amide bonds. The first-order valence-electron chi connectivity index (χ1n) is 6.97. The molecule has 22 heavy (non-hydrogen) atoms. The molecule has 0 spiro atoms. The maximum atomic E-state index is 5.40. The molecule has 3 aromatic rings. The predicted octanol–water partition coefficient (Wildman–Crippen LogP) is 2.01. The van der Waals surface area contributed by atoms with Crippen LogP contribution in [-0.4, -0.2) is 51.5 Å². The van der Waals surface area contributed by atoms with Gasteiger partial charge in [0, 0.05) is 31.0 Å². The largest absolute Gasteiger partial charge is 0.378 e. The highest BCUT2D eigenvalue weighted by Crippen LogP contribution is 2.30. The van der Waals surface area contributed by atoms with Crippen LogP contribution in [0.2, 0.25) is 0 Å². The minimum absolute atomic E-state index is 0.693. The Morgan fingerprint density at radius 3 is 2.64 bits per heavy atom. The van der Waals surface area contributed by atoms with Crippen molar-refractivity contribution in [1.29, 1.82) is 0 Å². The predicted molar refractivity (Wildman–Crippen MR) is 85.6 cm³/mol. The Morgan fingerprint density at radius 2 is 1.86 bits per heavy atom. The summed E-state index contributed by atoms with van der Waals surface area (Å²) < 4.78 is 6.16. The molecule has 0 radical (unpaired) electrons. The lowest BCUT2D eigenvalue weighted by atomic mass is 10.1. The van der Waals surface area contributed by atoms with Crippen LogP contribution in [0.3, 0.4) is 0 Å². The number of aromatic amines is 1. The number of pyridine rings is 1. The van der Waals surface area contributed by atoms with Gasteiger partial charge in [-0.1, -0.05) is 0 Å². The van der Waals surface area contributed by atoms with Crippen molar-refractivity contribution in [2.75, 3.05) is 31.2 Å². The van der Waals surface area contributed by atoms with E-state index < -0.39 is 0 Å². The molecular formula is C14H13BrN6O. The third kappa shape index (κ3) is 2.34. The van der Waals surface area contributed by atoms with Gasteiger partial charge in [0.25, 0.3) is 0 Å². The van der Waals surface area contributed by atoms with Crippen LogP contribution in [-0.2, 0) is 4.74 Å². The number of nitrogens with one attached hydrogen (secondary N) is 1. The van der Waals surface area contributed by atoms with Crippen LogP contribution in [0.25, 0.3) is 22.3 Å². The van der Waals surface area contributed by atoms with Crippen molar-refractivity contribution < 1.29 is 4.74 Å². The van der Waals surface area contributed by atoms with Crippen LogP contribution in [0.15, 0.2) is 29.1 Å². The van der Waals surface area contributed by atoms with E-state index in [1.54, 1.807) is 12.4 Å². The fourth-order valence-corrected chi connectivity index (χ4v) is 2.84. The van der Waals surface area contributed by atoms with E-state index in [9.17, 15) is 0 Å². The van der Waals surface area contributed by atoms with E-state index >= 15 is 0 Å². The Labute approximate surface area is 134 Å². The van der Waals surface area contributed by atoms with E-state index in [0.29, 0.717) is 19.2 Å². The molecule has 7 nitrogen and oxygen atoms in total. The van der Waals surface area contributed by atoms with Crippen molar-refractivity contribution in [1.82, 2.24) is 25.1 Å². The summed E-state index contributed by atoms with van der Waals surface area (Å²) in [7, 11) is 0. The normalized spacial score (nSPS) is 15.4. The summed E-state index contributed by atoms with van der Waals surface area (Å²) >= 11 is 3.47. The first-order valence-corrected chi connectivity index (χ1v) is 7.77. The highest BCUT2D eigenvalue weighted by atomic mass is 79.9. The van der Waals surface area contributed by atoms with Gasteiger partial charge in [-0.3, -0.25) is 10.1 Å². The van der Waals surface area contributed by atoms with Gasteiger partial charge in [0.15, 0.2) is 0 Å². The number of hydrogen-bond acceptors (Lipinski definition) is 6. The minimum atomic E-state index is 0.693. The van der Waals surface area contributed by atoms with Gasteiger partial charge in [-0.25, -0.2) is 9.97 Å².